The minimum absolute atomic E-state index is 0.0299. The molecule has 0 bridgehead atoms. The molecule has 1 fully saturated rings. The molecule has 2 unspecified atom stereocenters. The predicted molar refractivity (Wildman–Crippen MR) is 81.5 cm³/mol. The molecular formula is C16H30N2O2. The lowest BCUT2D eigenvalue weighted by molar-refractivity contribution is -0.128. The number of ketones is 1. The molecule has 1 rings (SSSR count). The lowest BCUT2D eigenvalue weighted by atomic mass is 9.80. The number of amides is 1. The van der Waals surface area contributed by atoms with E-state index in [0.717, 1.165) is 19.5 Å². The molecule has 1 heterocycles. The van der Waals surface area contributed by atoms with Gasteiger partial charge in [-0.05, 0) is 37.1 Å². The lowest BCUT2D eigenvalue weighted by Crippen LogP contribution is -2.47. The van der Waals surface area contributed by atoms with Gasteiger partial charge in [-0.15, -0.1) is 0 Å². The third-order valence-corrected chi connectivity index (χ3v) is 4.29. The van der Waals surface area contributed by atoms with E-state index in [-0.39, 0.29) is 23.7 Å². The molecule has 1 aliphatic rings. The zero-order valence-corrected chi connectivity index (χ0v) is 13.8. The average Bonchev–Trinajstić information content (AvgIpc) is 2.73. The Balaban J connectivity index is 2.46. The van der Waals surface area contributed by atoms with E-state index in [1.165, 1.54) is 6.92 Å². The van der Waals surface area contributed by atoms with Crippen molar-refractivity contribution >= 4 is 11.7 Å². The summed E-state index contributed by atoms with van der Waals surface area (Å²) in [4.78, 5) is 25.8. The fourth-order valence-electron chi connectivity index (χ4n) is 2.84. The molecule has 116 valence electrons. The van der Waals surface area contributed by atoms with E-state index in [2.05, 4.69) is 31.0 Å². The number of likely N-dealkylation sites (tertiary alicyclic amines) is 1. The van der Waals surface area contributed by atoms with E-state index < -0.39 is 0 Å². The molecule has 1 amide bonds. The van der Waals surface area contributed by atoms with Crippen LogP contribution in [0.3, 0.4) is 0 Å². The van der Waals surface area contributed by atoms with Crippen molar-refractivity contribution in [3.63, 3.8) is 0 Å². The van der Waals surface area contributed by atoms with Gasteiger partial charge in [-0.1, -0.05) is 34.6 Å². The van der Waals surface area contributed by atoms with Crippen molar-refractivity contribution in [1.29, 1.82) is 0 Å². The van der Waals surface area contributed by atoms with Gasteiger partial charge in [0, 0.05) is 6.54 Å². The maximum Gasteiger partial charge on any atom is 0.234 e. The van der Waals surface area contributed by atoms with Gasteiger partial charge >= 0.3 is 0 Å². The number of hydrogen-bond acceptors (Lipinski definition) is 3. The summed E-state index contributed by atoms with van der Waals surface area (Å²) >= 11 is 0. The Morgan fingerprint density at radius 1 is 1.30 bits per heavy atom. The quantitative estimate of drug-likeness (QED) is 0.840. The molecule has 0 aromatic heterocycles. The molecule has 1 N–H and O–H groups in total. The Morgan fingerprint density at radius 3 is 2.30 bits per heavy atom. The molecule has 0 aromatic rings. The number of hydrogen-bond donors (Lipinski definition) is 1. The smallest absolute Gasteiger partial charge is 0.234 e. The summed E-state index contributed by atoms with van der Waals surface area (Å²) in [5.41, 5.74) is 0.297. The van der Waals surface area contributed by atoms with Crippen LogP contribution in [0.15, 0.2) is 0 Å². The molecule has 4 heteroatoms. The molecule has 4 nitrogen and oxygen atoms in total. The summed E-state index contributed by atoms with van der Waals surface area (Å²) in [5.74, 6) is 0.775. The summed E-state index contributed by atoms with van der Waals surface area (Å²) in [6.07, 6.45) is 1.15. The zero-order valence-electron chi connectivity index (χ0n) is 13.8. The van der Waals surface area contributed by atoms with Crippen LogP contribution in [0.2, 0.25) is 0 Å². The van der Waals surface area contributed by atoms with E-state index in [1.807, 2.05) is 13.8 Å². The van der Waals surface area contributed by atoms with Gasteiger partial charge in [0.05, 0.1) is 12.6 Å². The van der Waals surface area contributed by atoms with Crippen LogP contribution in [0.4, 0.5) is 0 Å². The first-order chi connectivity index (χ1) is 9.11. The second-order valence-electron chi connectivity index (χ2n) is 7.49. The van der Waals surface area contributed by atoms with Crippen LogP contribution in [0.5, 0.6) is 0 Å². The first kappa shape index (κ1) is 17.2. The van der Waals surface area contributed by atoms with E-state index >= 15 is 0 Å². The van der Waals surface area contributed by atoms with Crippen LogP contribution in [-0.4, -0.2) is 42.3 Å². The normalized spacial score (nSPS) is 22.1. The van der Waals surface area contributed by atoms with Crippen molar-refractivity contribution in [2.75, 3.05) is 19.6 Å². The van der Waals surface area contributed by atoms with Gasteiger partial charge in [0.2, 0.25) is 5.91 Å². The molecule has 2 atom stereocenters. The van der Waals surface area contributed by atoms with Crippen molar-refractivity contribution in [2.45, 2.75) is 54.0 Å². The highest BCUT2D eigenvalue weighted by molar-refractivity contribution is 5.88. The van der Waals surface area contributed by atoms with Crippen molar-refractivity contribution in [2.24, 2.45) is 17.3 Å². The zero-order chi connectivity index (χ0) is 15.5. The van der Waals surface area contributed by atoms with Gasteiger partial charge in [-0.25, -0.2) is 0 Å². The maximum atomic E-state index is 12.1. The Bertz CT molecular complexity index is 358. The fraction of sp³-hybridized carbons (Fsp3) is 0.875. The molecule has 0 aromatic carbocycles. The number of rotatable bonds is 5. The molecule has 1 saturated heterocycles. The van der Waals surface area contributed by atoms with Gasteiger partial charge in [-0.3, -0.25) is 14.5 Å². The van der Waals surface area contributed by atoms with Crippen molar-refractivity contribution < 1.29 is 9.59 Å². The monoisotopic (exact) mass is 282 g/mol. The first-order valence-corrected chi connectivity index (χ1v) is 7.63. The van der Waals surface area contributed by atoms with Crippen LogP contribution < -0.4 is 5.32 Å². The summed E-state index contributed by atoms with van der Waals surface area (Å²) in [5, 5.41) is 2.87. The topological polar surface area (TPSA) is 49.4 Å². The Labute approximate surface area is 123 Å². The highest BCUT2D eigenvalue weighted by Gasteiger charge is 2.32. The summed E-state index contributed by atoms with van der Waals surface area (Å²) in [6.45, 7) is 14.6. The lowest BCUT2D eigenvalue weighted by Gasteiger charge is -2.27. The van der Waals surface area contributed by atoms with Crippen LogP contribution in [0.1, 0.15) is 48.0 Å². The third-order valence-electron chi connectivity index (χ3n) is 4.29. The molecule has 0 saturated carbocycles. The number of Topliss-reactive ketones (excluding diaryl/α,β-unsaturated/α-hetero) is 1. The fourth-order valence-corrected chi connectivity index (χ4v) is 2.84. The second-order valence-corrected chi connectivity index (χ2v) is 7.49. The maximum absolute atomic E-state index is 12.1. The van der Waals surface area contributed by atoms with E-state index in [0.29, 0.717) is 17.9 Å². The Kier molecular flexibility index (Phi) is 5.75. The minimum Gasteiger partial charge on any atom is -0.345 e. The van der Waals surface area contributed by atoms with Crippen LogP contribution >= 0.6 is 0 Å². The Morgan fingerprint density at radius 2 is 1.90 bits per heavy atom. The summed E-state index contributed by atoms with van der Waals surface area (Å²) in [6, 6.07) is -0.358. The van der Waals surface area contributed by atoms with E-state index in [4.69, 9.17) is 0 Å². The van der Waals surface area contributed by atoms with Crippen LogP contribution in [-0.2, 0) is 9.59 Å². The van der Waals surface area contributed by atoms with E-state index in [9.17, 15) is 9.59 Å². The van der Waals surface area contributed by atoms with Crippen LogP contribution in [0, 0.1) is 17.3 Å². The van der Waals surface area contributed by atoms with Gasteiger partial charge in [0.25, 0.3) is 0 Å². The van der Waals surface area contributed by atoms with Crippen molar-refractivity contribution in [3.05, 3.63) is 0 Å². The van der Waals surface area contributed by atoms with Gasteiger partial charge in [0.1, 0.15) is 0 Å². The largest absolute Gasteiger partial charge is 0.345 e. The molecule has 0 radical (unpaired) electrons. The molecule has 0 spiro atoms. The number of nitrogens with one attached hydrogen (secondary N) is 1. The van der Waals surface area contributed by atoms with Crippen molar-refractivity contribution in [1.82, 2.24) is 10.2 Å². The SMILES string of the molecule is CC(=O)C(NC(=O)CN1CCC(C(C)(C)C)C1)C(C)C. The minimum atomic E-state index is -0.358. The van der Waals surface area contributed by atoms with Crippen LogP contribution in [0.25, 0.3) is 0 Å². The molecular weight excluding hydrogens is 252 g/mol. The van der Waals surface area contributed by atoms with Gasteiger partial charge in [-0.2, -0.15) is 0 Å². The third kappa shape index (κ3) is 4.89. The molecule has 1 aliphatic heterocycles. The molecule has 20 heavy (non-hydrogen) atoms. The number of carbonyl (C=O) groups excluding carboxylic acids is 2. The average molecular weight is 282 g/mol. The molecule has 0 aliphatic carbocycles. The first-order valence-electron chi connectivity index (χ1n) is 7.63. The highest BCUT2D eigenvalue weighted by atomic mass is 16.2. The van der Waals surface area contributed by atoms with Crippen molar-refractivity contribution in [3.8, 4) is 0 Å². The van der Waals surface area contributed by atoms with Gasteiger partial charge < -0.3 is 5.32 Å². The standard InChI is InChI=1S/C16H30N2O2/c1-11(2)15(12(3)19)17-14(20)10-18-8-7-13(9-18)16(4,5)6/h11,13,15H,7-10H2,1-6H3,(H,17,20). The Hall–Kier alpha value is -0.900. The highest BCUT2D eigenvalue weighted by Crippen LogP contribution is 2.33. The van der Waals surface area contributed by atoms with Gasteiger partial charge in [0.15, 0.2) is 5.78 Å². The second kappa shape index (κ2) is 6.70. The summed E-state index contributed by atoms with van der Waals surface area (Å²) < 4.78 is 0. The predicted octanol–water partition coefficient (Wildman–Crippen LogP) is 2.08. The summed E-state index contributed by atoms with van der Waals surface area (Å²) in [7, 11) is 0. The van der Waals surface area contributed by atoms with E-state index in [1.54, 1.807) is 0 Å². The number of nitrogens with zero attached hydrogens (tertiary/aromatic N) is 1. The number of carbonyl (C=O) groups is 2.